The van der Waals surface area contributed by atoms with E-state index in [2.05, 4.69) is 0 Å². The second-order valence-electron chi connectivity index (χ2n) is 2.56. The molecule has 0 spiro atoms. The fourth-order valence-corrected chi connectivity index (χ4v) is 1.72. The summed E-state index contributed by atoms with van der Waals surface area (Å²) in [6.07, 6.45) is 0.869. The van der Waals surface area contributed by atoms with E-state index in [0.29, 0.717) is 11.8 Å². The number of rotatable bonds is 4. The molecule has 0 atom stereocenters. The molecule has 0 aliphatic heterocycles. The molecular weight excluding hydrogens is 187 g/mol. The maximum absolute atomic E-state index is 13.2. The first-order valence-corrected chi connectivity index (χ1v) is 5.11. The van der Waals surface area contributed by atoms with Gasteiger partial charge in [-0.25, -0.2) is 4.39 Å². The Morgan fingerprint density at radius 2 is 2.31 bits per heavy atom. The Balaban J connectivity index is 2.84. The van der Waals surface area contributed by atoms with Crippen LogP contribution >= 0.6 is 11.8 Å². The first kappa shape index (κ1) is 10.3. The van der Waals surface area contributed by atoms with Crippen LogP contribution in [-0.4, -0.2) is 12.0 Å². The Labute approximate surface area is 81.3 Å². The lowest BCUT2D eigenvalue weighted by Crippen LogP contribution is -1.91. The Kier molecular flexibility index (Phi) is 3.96. The minimum atomic E-state index is -0.287. The summed E-state index contributed by atoms with van der Waals surface area (Å²) in [5, 5.41) is 0. The number of hydrogen-bond acceptors (Lipinski definition) is 2. The Morgan fingerprint density at radius 3 is 2.85 bits per heavy atom. The monoisotopic (exact) mass is 198 g/mol. The van der Waals surface area contributed by atoms with Crippen molar-refractivity contribution in [1.29, 1.82) is 0 Å². The highest BCUT2D eigenvalue weighted by Gasteiger charge is 2.02. The van der Waals surface area contributed by atoms with Crippen LogP contribution in [0.25, 0.3) is 0 Å². The Morgan fingerprint density at radius 1 is 1.54 bits per heavy atom. The molecule has 1 rings (SSSR count). The van der Waals surface area contributed by atoms with Crippen molar-refractivity contribution < 1.29 is 9.18 Å². The predicted octanol–water partition coefficient (Wildman–Crippen LogP) is 2.68. The van der Waals surface area contributed by atoms with Gasteiger partial charge in [0.15, 0.2) is 0 Å². The van der Waals surface area contributed by atoms with Gasteiger partial charge in [-0.15, -0.1) is 11.8 Å². The van der Waals surface area contributed by atoms with Gasteiger partial charge in [-0.05, 0) is 23.4 Å². The molecule has 70 valence electrons. The van der Waals surface area contributed by atoms with Gasteiger partial charge >= 0.3 is 0 Å². The fraction of sp³-hybridized carbons (Fsp3) is 0.300. The van der Waals surface area contributed by atoms with E-state index >= 15 is 0 Å². The van der Waals surface area contributed by atoms with E-state index in [1.807, 2.05) is 13.0 Å². The van der Waals surface area contributed by atoms with E-state index in [1.54, 1.807) is 17.8 Å². The molecular formula is C10H11FOS. The van der Waals surface area contributed by atoms with Crippen LogP contribution in [0.4, 0.5) is 4.39 Å². The van der Waals surface area contributed by atoms with Gasteiger partial charge in [0.25, 0.3) is 0 Å². The van der Waals surface area contributed by atoms with E-state index in [0.717, 1.165) is 10.6 Å². The summed E-state index contributed by atoms with van der Waals surface area (Å²) in [4.78, 5) is 11.1. The Bertz CT molecular complexity index is 299. The average molecular weight is 198 g/mol. The quantitative estimate of drug-likeness (QED) is 0.546. The lowest BCUT2D eigenvalue weighted by Gasteiger charge is -2.01. The van der Waals surface area contributed by atoms with Crippen LogP contribution in [0.5, 0.6) is 0 Å². The lowest BCUT2D eigenvalue weighted by atomic mass is 10.1. The molecule has 13 heavy (non-hydrogen) atoms. The lowest BCUT2D eigenvalue weighted by molar-refractivity contribution is -0.107. The van der Waals surface area contributed by atoms with Crippen molar-refractivity contribution in [2.24, 2.45) is 0 Å². The number of hydrogen-bond donors (Lipinski definition) is 0. The predicted molar refractivity (Wildman–Crippen MR) is 52.6 cm³/mol. The van der Waals surface area contributed by atoms with E-state index in [4.69, 9.17) is 0 Å². The van der Waals surface area contributed by atoms with Crippen molar-refractivity contribution in [3.63, 3.8) is 0 Å². The van der Waals surface area contributed by atoms with Gasteiger partial charge in [0, 0.05) is 11.3 Å². The van der Waals surface area contributed by atoms with Crippen LogP contribution in [0.15, 0.2) is 23.1 Å². The van der Waals surface area contributed by atoms with Crippen LogP contribution in [0.2, 0.25) is 0 Å². The molecule has 0 aromatic heterocycles. The normalized spacial score (nSPS) is 10.0. The molecule has 0 saturated heterocycles. The van der Waals surface area contributed by atoms with Gasteiger partial charge in [-0.2, -0.15) is 0 Å². The second kappa shape index (κ2) is 5.02. The summed E-state index contributed by atoms with van der Waals surface area (Å²) in [5.74, 6) is 0.637. The smallest absolute Gasteiger partial charge is 0.127 e. The highest BCUT2D eigenvalue weighted by molar-refractivity contribution is 7.99. The molecule has 3 heteroatoms. The van der Waals surface area contributed by atoms with Crippen molar-refractivity contribution in [3.05, 3.63) is 29.6 Å². The van der Waals surface area contributed by atoms with E-state index in [9.17, 15) is 9.18 Å². The zero-order chi connectivity index (χ0) is 9.68. The number of halogens is 1. The number of carbonyl (C=O) groups excluding carboxylic acids is 1. The molecule has 0 amide bonds. The van der Waals surface area contributed by atoms with Crippen molar-refractivity contribution in [2.45, 2.75) is 18.2 Å². The van der Waals surface area contributed by atoms with Crippen LogP contribution in [0.1, 0.15) is 12.5 Å². The van der Waals surface area contributed by atoms with Crippen LogP contribution in [-0.2, 0) is 11.2 Å². The highest BCUT2D eigenvalue weighted by atomic mass is 32.2. The number of carbonyl (C=O) groups is 1. The van der Waals surface area contributed by atoms with E-state index in [-0.39, 0.29) is 12.2 Å². The standard InChI is InChI=1S/C10H11FOS/c1-2-13-9-4-3-8(5-6-12)10(11)7-9/h3-4,6-7H,2,5H2,1H3. The molecule has 0 fully saturated rings. The van der Waals surface area contributed by atoms with Crippen LogP contribution < -0.4 is 0 Å². The van der Waals surface area contributed by atoms with Gasteiger partial charge in [-0.1, -0.05) is 13.0 Å². The summed E-state index contributed by atoms with van der Waals surface area (Å²) < 4.78 is 13.2. The maximum atomic E-state index is 13.2. The van der Waals surface area contributed by atoms with E-state index in [1.165, 1.54) is 6.07 Å². The SMILES string of the molecule is CCSc1ccc(CC=O)c(F)c1. The van der Waals surface area contributed by atoms with Gasteiger partial charge < -0.3 is 4.79 Å². The van der Waals surface area contributed by atoms with Crippen molar-refractivity contribution >= 4 is 18.0 Å². The number of aldehydes is 1. The van der Waals surface area contributed by atoms with Gasteiger partial charge in [0.05, 0.1) is 0 Å². The number of thioether (sulfide) groups is 1. The third-order valence-electron chi connectivity index (χ3n) is 1.64. The van der Waals surface area contributed by atoms with Crippen molar-refractivity contribution in [3.8, 4) is 0 Å². The third-order valence-corrected chi connectivity index (χ3v) is 2.51. The molecule has 1 nitrogen and oxygen atoms in total. The maximum Gasteiger partial charge on any atom is 0.127 e. The van der Waals surface area contributed by atoms with Gasteiger partial charge in [0.1, 0.15) is 12.1 Å². The molecule has 1 aromatic carbocycles. The minimum absolute atomic E-state index is 0.156. The van der Waals surface area contributed by atoms with Gasteiger partial charge in [0.2, 0.25) is 0 Å². The Hall–Kier alpha value is -0.830. The van der Waals surface area contributed by atoms with Crippen LogP contribution in [0.3, 0.4) is 0 Å². The molecule has 0 aliphatic carbocycles. The molecule has 0 radical (unpaired) electrons. The zero-order valence-corrected chi connectivity index (χ0v) is 8.23. The first-order valence-electron chi connectivity index (χ1n) is 4.12. The molecule has 0 N–H and O–H groups in total. The molecule has 0 bridgehead atoms. The topological polar surface area (TPSA) is 17.1 Å². The largest absolute Gasteiger partial charge is 0.303 e. The van der Waals surface area contributed by atoms with Crippen molar-refractivity contribution in [2.75, 3.05) is 5.75 Å². The summed E-state index contributed by atoms with van der Waals surface area (Å²) in [5.41, 5.74) is 0.468. The highest BCUT2D eigenvalue weighted by Crippen LogP contribution is 2.20. The molecule has 0 heterocycles. The molecule has 0 aliphatic rings. The third kappa shape index (κ3) is 2.84. The molecule has 1 aromatic rings. The first-order chi connectivity index (χ1) is 6.27. The minimum Gasteiger partial charge on any atom is -0.303 e. The fourth-order valence-electron chi connectivity index (χ4n) is 1.04. The summed E-state index contributed by atoms with van der Waals surface area (Å²) in [6.45, 7) is 2.02. The zero-order valence-electron chi connectivity index (χ0n) is 7.42. The average Bonchev–Trinajstić information content (AvgIpc) is 2.10. The summed E-state index contributed by atoms with van der Waals surface area (Å²) in [7, 11) is 0. The molecule has 0 saturated carbocycles. The second-order valence-corrected chi connectivity index (χ2v) is 3.89. The van der Waals surface area contributed by atoms with Crippen LogP contribution in [0, 0.1) is 5.82 Å². The summed E-state index contributed by atoms with van der Waals surface area (Å²) in [6, 6.07) is 4.99. The van der Waals surface area contributed by atoms with E-state index < -0.39 is 0 Å². The molecule has 0 unspecified atom stereocenters. The summed E-state index contributed by atoms with van der Waals surface area (Å²) >= 11 is 1.59. The number of benzene rings is 1. The van der Waals surface area contributed by atoms with Crippen molar-refractivity contribution in [1.82, 2.24) is 0 Å². The van der Waals surface area contributed by atoms with Gasteiger partial charge in [-0.3, -0.25) is 0 Å².